The van der Waals surface area contributed by atoms with Crippen molar-refractivity contribution >= 4 is 11.9 Å². The number of nitrogens with one attached hydrogen (secondary N) is 1. The lowest BCUT2D eigenvalue weighted by Crippen LogP contribution is -2.34. The molecule has 0 radical (unpaired) electrons. The summed E-state index contributed by atoms with van der Waals surface area (Å²) in [6.07, 6.45) is -2.35. The number of esters is 1. The van der Waals surface area contributed by atoms with Gasteiger partial charge in [-0.05, 0) is 0 Å². The highest BCUT2D eigenvalue weighted by Gasteiger charge is 2.29. The summed E-state index contributed by atoms with van der Waals surface area (Å²) < 4.78 is 4.41. The number of aliphatic hydroxyl groups is 2. The summed E-state index contributed by atoms with van der Waals surface area (Å²) in [4.78, 5) is 21.8. The zero-order valence-corrected chi connectivity index (χ0v) is 8.38. The molecule has 1 aromatic heterocycles. The van der Waals surface area contributed by atoms with E-state index in [1.807, 2.05) is 0 Å². The van der Waals surface area contributed by atoms with Gasteiger partial charge in [-0.15, -0.1) is 0 Å². The summed E-state index contributed by atoms with van der Waals surface area (Å²) in [6.45, 7) is 0. The maximum atomic E-state index is 11.2. The quantitative estimate of drug-likeness (QED) is 0.444. The standard InChI is InChI=1S/C8H11N3O5/c1-16-8(15)4-3(2-10-11-4)5(12)6(13)7(9)14/h2,5-6,12-13H,1H3,(H2,9,14)(H,10,11). The van der Waals surface area contributed by atoms with Gasteiger partial charge in [-0.2, -0.15) is 5.10 Å². The monoisotopic (exact) mass is 229 g/mol. The Bertz CT molecular complexity index is 402. The second kappa shape index (κ2) is 4.73. The molecule has 0 fully saturated rings. The van der Waals surface area contributed by atoms with Crippen molar-refractivity contribution in [3.8, 4) is 0 Å². The molecule has 0 saturated carbocycles. The summed E-state index contributed by atoms with van der Waals surface area (Å²) in [5.41, 5.74) is 4.61. The highest BCUT2D eigenvalue weighted by Crippen LogP contribution is 2.19. The van der Waals surface area contributed by atoms with Crippen molar-refractivity contribution in [2.24, 2.45) is 5.73 Å². The Morgan fingerprint density at radius 3 is 2.69 bits per heavy atom. The van der Waals surface area contributed by atoms with E-state index in [-0.39, 0.29) is 11.3 Å². The smallest absolute Gasteiger partial charge is 0.356 e. The molecule has 0 saturated heterocycles. The second-order valence-electron chi connectivity index (χ2n) is 2.98. The fourth-order valence-corrected chi connectivity index (χ4v) is 1.11. The molecule has 2 atom stereocenters. The number of primary amides is 1. The Labute approximate surface area is 90.0 Å². The third-order valence-electron chi connectivity index (χ3n) is 1.97. The molecule has 1 rings (SSSR count). The average Bonchev–Trinajstić information content (AvgIpc) is 2.74. The predicted molar refractivity (Wildman–Crippen MR) is 50.1 cm³/mol. The van der Waals surface area contributed by atoms with Crippen molar-refractivity contribution in [2.75, 3.05) is 7.11 Å². The largest absolute Gasteiger partial charge is 0.464 e. The number of nitrogens with zero attached hydrogens (tertiary/aromatic N) is 1. The number of methoxy groups -OCH3 is 1. The van der Waals surface area contributed by atoms with Crippen molar-refractivity contribution in [3.63, 3.8) is 0 Å². The number of carbonyl (C=O) groups is 2. The zero-order valence-electron chi connectivity index (χ0n) is 8.38. The first-order valence-electron chi connectivity index (χ1n) is 4.26. The molecular weight excluding hydrogens is 218 g/mol. The molecule has 1 amide bonds. The molecule has 0 aliphatic heterocycles. The molecule has 0 aromatic carbocycles. The van der Waals surface area contributed by atoms with Crippen LogP contribution in [0, 0.1) is 0 Å². The topological polar surface area (TPSA) is 139 Å². The fourth-order valence-electron chi connectivity index (χ4n) is 1.11. The van der Waals surface area contributed by atoms with Gasteiger partial charge in [-0.25, -0.2) is 4.79 Å². The molecule has 1 heterocycles. The number of H-pyrrole nitrogens is 1. The molecule has 0 aliphatic carbocycles. The Kier molecular flexibility index (Phi) is 3.59. The van der Waals surface area contributed by atoms with E-state index >= 15 is 0 Å². The number of aliphatic hydroxyl groups excluding tert-OH is 2. The molecular formula is C8H11N3O5. The number of aromatic nitrogens is 2. The van der Waals surface area contributed by atoms with Gasteiger partial charge in [0.2, 0.25) is 5.91 Å². The van der Waals surface area contributed by atoms with E-state index in [0.29, 0.717) is 0 Å². The van der Waals surface area contributed by atoms with Gasteiger partial charge in [-0.1, -0.05) is 0 Å². The van der Waals surface area contributed by atoms with Crippen molar-refractivity contribution in [2.45, 2.75) is 12.2 Å². The van der Waals surface area contributed by atoms with E-state index in [9.17, 15) is 19.8 Å². The SMILES string of the molecule is COC(=O)c1[nH]ncc1C(O)C(O)C(N)=O. The normalized spacial score (nSPS) is 14.2. The van der Waals surface area contributed by atoms with Crippen LogP contribution in [-0.4, -0.2) is 45.5 Å². The molecule has 2 unspecified atom stereocenters. The number of hydrogen-bond donors (Lipinski definition) is 4. The number of ether oxygens (including phenoxy) is 1. The van der Waals surface area contributed by atoms with Crippen LogP contribution in [0.25, 0.3) is 0 Å². The van der Waals surface area contributed by atoms with Crippen LogP contribution in [0.4, 0.5) is 0 Å². The van der Waals surface area contributed by atoms with Gasteiger partial charge >= 0.3 is 5.97 Å². The van der Waals surface area contributed by atoms with E-state index in [1.165, 1.54) is 0 Å². The zero-order chi connectivity index (χ0) is 12.3. The molecule has 0 aliphatic rings. The van der Waals surface area contributed by atoms with Crippen LogP contribution in [-0.2, 0) is 9.53 Å². The highest BCUT2D eigenvalue weighted by atomic mass is 16.5. The van der Waals surface area contributed by atoms with Crippen LogP contribution in [0.5, 0.6) is 0 Å². The Hall–Kier alpha value is -1.93. The summed E-state index contributed by atoms with van der Waals surface area (Å²) in [5.74, 6) is -1.88. The van der Waals surface area contributed by atoms with Gasteiger partial charge < -0.3 is 20.7 Å². The van der Waals surface area contributed by atoms with Crippen molar-refractivity contribution in [1.82, 2.24) is 10.2 Å². The summed E-state index contributed by atoms with van der Waals surface area (Å²) in [6, 6.07) is 0. The minimum absolute atomic E-state index is 0.0573. The second-order valence-corrected chi connectivity index (χ2v) is 2.98. The molecule has 5 N–H and O–H groups in total. The van der Waals surface area contributed by atoms with Crippen LogP contribution in [0.15, 0.2) is 6.20 Å². The summed E-state index contributed by atoms with van der Waals surface area (Å²) in [5, 5.41) is 24.6. The first kappa shape index (κ1) is 12.1. The number of carbonyl (C=O) groups excluding carboxylic acids is 2. The maximum Gasteiger partial charge on any atom is 0.356 e. The van der Waals surface area contributed by atoms with E-state index in [4.69, 9.17) is 5.73 Å². The van der Waals surface area contributed by atoms with Crippen molar-refractivity contribution in [1.29, 1.82) is 0 Å². The predicted octanol–water partition coefficient (Wildman–Crippen LogP) is -1.92. The lowest BCUT2D eigenvalue weighted by Gasteiger charge is -2.13. The minimum atomic E-state index is -1.82. The van der Waals surface area contributed by atoms with E-state index in [2.05, 4.69) is 14.9 Å². The van der Waals surface area contributed by atoms with Crippen LogP contribution in [0.1, 0.15) is 22.2 Å². The van der Waals surface area contributed by atoms with Crippen LogP contribution in [0.2, 0.25) is 0 Å². The van der Waals surface area contributed by atoms with Gasteiger partial charge in [0.15, 0.2) is 6.10 Å². The van der Waals surface area contributed by atoms with Crippen molar-refractivity contribution in [3.05, 3.63) is 17.5 Å². The number of aromatic amines is 1. The third kappa shape index (κ3) is 2.18. The number of amides is 1. The average molecular weight is 229 g/mol. The molecule has 0 spiro atoms. The Balaban J connectivity index is 3.00. The van der Waals surface area contributed by atoms with Crippen LogP contribution in [0.3, 0.4) is 0 Å². The summed E-state index contributed by atoms with van der Waals surface area (Å²) >= 11 is 0. The number of nitrogens with two attached hydrogens (primary N) is 1. The molecule has 88 valence electrons. The molecule has 8 nitrogen and oxygen atoms in total. The van der Waals surface area contributed by atoms with E-state index in [1.54, 1.807) is 0 Å². The fraction of sp³-hybridized carbons (Fsp3) is 0.375. The Morgan fingerprint density at radius 1 is 1.56 bits per heavy atom. The third-order valence-corrected chi connectivity index (χ3v) is 1.97. The lowest BCUT2D eigenvalue weighted by molar-refractivity contribution is -0.132. The van der Waals surface area contributed by atoms with Crippen molar-refractivity contribution < 1.29 is 24.5 Å². The number of hydrogen-bond acceptors (Lipinski definition) is 6. The highest BCUT2D eigenvalue weighted by molar-refractivity contribution is 5.89. The molecule has 8 heteroatoms. The maximum absolute atomic E-state index is 11.2. The summed E-state index contributed by atoms with van der Waals surface area (Å²) in [7, 11) is 1.14. The van der Waals surface area contributed by atoms with Gasteiger partial charge in [-0.3, -0.25) is 9.89 Å². The van der Waals surface area contributed by atoms with E-state index < -0.39 is 24.1 Å². The lowest BCUT2D eigenvalue weighted by atomic mass is 10.0. The van der Waals surface area contributed by atoms with Gasteiger partial charge in [0, 0.05) is 5.56 Å². The first-order valence-corrected chi connectivity index (χ1v) is 4.26. The first-order chi connectivity index (χ1) is 7.49. The molecule has 16 heavy (non-hydrogen) atoms. The molecule has 1 aromatic rings. The van der Waals surface area contributed by atoms with Crippen LogP contribution < -0.4 is 5.73 Å². The van der Waals surface area contributed by atoms with Crippen LogP contribution >= 0.6 is 0 Å². The van der Waals surface area contributed by atoms with Gasteiger partial charge in [0.05, 0.1) is 13.3 Å². The van der Waals surface area contributed by atoms with E-state index in [0.717, 1.165) is 13.3 Å². The van der Waals surface area contributed by atoms with Gasteiger partial charge in [0.25, 0.3) is 0 Å². The number of rotatable bonds is 4. The molecule has 0 bridgehead atoms. The Morgan fingerprint density at radius 2 is 2.19 bits per heavy atom. The minimum Gasteiger partial charge on any atom is -0.464 e. The van der Waals surface area contributed by atoms with Gasteiger partial charge in [0.1, 0.15) is 11.8 Å².